The maximum absolute atomic E-state index is 12.3. The fourth-order valence-corrected chi connectivity index (χ4v) is 2.35. The topological polar surface area (TPSA) is 52.6 Å². The summed E-state index contributed by atoms with van der Waals surface area (Å²) in [7, 11) is 0. The summed E-state index contributed by atoms with van der Waals surface area (Å²) in [6.07, 6.45) is 0.306. The lowest BCUT2D eigenvalue weighted by Gasteiger charge is -2.32. The first-order valence-corrected chi connectivity index (χ1v) is 6.67. The average Bonchev–Trinajstić information content (AvgIpc) is 2.48. The van der Waals surface area contributed by atoms with Crippen LogP contribution in [-0.4, -0.2) is 17.5 Å². The Kier molecular flexibility index (Phi) is 3.22. The van der Waals surface area contributed by atoms with Crippen LogP contribution in [0.15, 0.2) is 54.6 Å². The van der Waals surface area contributed by atoms with E-state index < -0.39 is 17.5 Å². The lowest BCUT2D eigenvalue weighted by atomic mass is 9.90. The van der Waals surface area contributed by atoms with Crippen LogP contribution < -0.4 is 4.74 Å². The van der Waals surface area contributed by atoms with Gasteiger partial charge in [0.15, 0.2) is 0 Å². The monoisotopic (exact) mass is 282 g/mol. The third-order valence-corrected chi connectivity index (χ3v) is 3.47. The summed E-state index contributed by atoms with van der Waals surface area (Å²) in [6, 6.07) is 15.9. The van der Waals surface area contributed by atoms with Crippen LogP contribution in [0.4, 0.5) is 0 Å². The predicted molar refractivity (Wildman–Crippen MR) is 76.0 cm³/mol. The van der Waals surface area contributed by atoms with Crippen LogP contribution in [0.3, 0.4) is 0 Å². The summed E-state index contributed by atoms with van der Waals surface area (Å²) in [5, 5.41) is 0. The van der Waals surface area contributed by atoms with Gasteiger partial charge in [-0.15, -0.1) is 0 Å². The van der Waals surface area contributed by atoms with Crippen molar-refractivity contribution in [3.8, 4) is 5.75 Å². The van der Waals surface area contributed by atoms with Gasteiger partial charge in [-0.1, -0.05) is 36.4 Å². The lowest BCUT2D eigenvalue weighted by molar-refractivity contribution is -0.155. The van der Waals surface area contributed by atoms with Crippen LogP contribution in [0.1, 0.15) is 22.8 Å². The molecule has 1 atom stereocenters. The molecule has 0 bridgehead atoms. The van der Waals surface area contributed by atoms with Crippen LogP contribution in [0, 0.1) is 0 Å². The standard InChI is InChI=1S/C17H14O4/c1-17(16(19)20-13-8-3-2-4-9-13)11-12-7-5-6-10-14(12)15(18)21-17/h2-10H,11H2,1H3/t17-/m0/s1. The molecule has 0 unspecified atom stereocenters. The first-order valence-electron chi connectivity index (χ1n) is 6.67. The Morgan fingerprint density at radius 3 is 2.52 bits per heavy atom. The fourth-order valence-electron chi connectivity index (χ4n) is 2.35. The maximum Gasteiger partial charge on any atom is 0.356 e. The van der Waals surface area contributed by atoms with E-state index in [-0.39, 0.29) is 0 Å². The minimum atomic E-state index is -1.30. The molecule has 0 aliphatic carbocycles. The molecule has 0 amide bonds. The summed E-state index contributed by atoms with van der Waals surface area (Å²) in [6.45, 7) is 1.58. The molecule has 3 rings (SSSR count). The number of esters is 2. The molecule has 4 heteroatoms. The highest BCUT2D eigenvalue weighted by Crippen LogP contribution is 2.29. The molecular formula is C17H14O4. The summed E-state index contributed by atoms with van der Waals surface area (Å²) in [5.41, 5.74) is -0.00915. The van der Waals surface area contributed by atoms with Gasteiger partial charge in [0.2, 0.25) is 5.60 Å². The minimum Gasteiger partial charge on any atom is -0.443 e. The van der Waals surface area contributed by atoms with Crippen LogP contribution in [-0.2, 0) is 16.0 Å². The van der Waals surface area contributed by atoms with Crippen LogP contribution in [0.5, 0.6) is 5.75 Å². The number of ether oxygens (including phenoxy) is 2. The summed E-state index contributed by atoms with van der Waals surface area (Å²) >= 11 is 0. The molecular weight excluding hydrogens is 268 g/mol. The second-order valence-corrected chi connectivity index (χ2v) is 5.16. The van der Waals surface area contributed by atoms with Crippen molar-refractivity contribution < 1.29 is 19.1 Å². The van der Waals surface area contributed by atoms with Gasteiger partial charge in [0.1, 0.15) is 5.75 Å². The van der Waals surface area contributed by atoms with E-state index in [4.69, 9.17) is 9.47 Å². The van der Waals surface area contributed by atoms with E-state index >= 15 is 0 Å². The van der Waals surface area contributed by atoms with Crippen molar-refractivity contribution in [2.24, 2.45) is 0 Å². The highest BCUT2D eigenvalue weighted by molar-refractivity contribution is 5.96. The van der Waals surface area contributed by atoms with Crippen LogP contribution in [0.2, 0.25) is 0 Å². The Morgan fingerprint density at radius 1 is 1.10 bits per heavy atom. The van der Waals surface area contributed by atoms with Gasteiger partial charge in [-0.2, -0.15) is 0 Å². The first kappa shape index (κ1) is 13.4. The fraction of sp³-hybridized carbons (Fsp3) is 0.176. The summed E-state index contributed by atoms with van der Waals surface area (Å²) in [4.78, 5) is 24.4. The molecule has 0 saturated heterocycles. The molecule has 1 aliphatic rings. The zero-order valence-corrected chi connectivity index (χ0v) is 11.5. The highest BCUT2D eigenvalue weighted by Gasteiger charge is 2.44. The molecule has 0 aromatic heterocycles. The predicted octanol–water partition coefficient (Wildman–Crippen LogP) is 2.76. The molecule has 0 spiro atoms. The van der Waals surface area contributed by atoms with Gasteiger partial charge in [-0.05, 0) is 30.7 Å². The molecule has 2 aromatic rings. The molecule has 0 fully saturated rings. The maximum atomic E-state index is 12.3. The van der Waals surface area contributed by atoms with Gasteiger partial charge in [0.05, 0.1) is 5.56 Å². The lowest BCUT2D eigenvalue weighted by Crippen LogP contribution is -2.48. The smallest absolute Gasteiger partial charge is 0.356 e. The van der Waals surface area contributed by atoms with E-state index in [1.54, 1.807) is 43.3 Å². The largest absolute Gasteiger partial charge is 0.443 e. The van der Waals surface area contributed by atoms with Crippen molar-refractivity contribution in [3.63, 3.8) is 0 Å². The zero-order valence-electron chi connectivity index (χ0n) is 11.5. The van der Waals surface area contributed by atoms with Crippen molar-refractivity contribution >= 4 is 11.9 Å². The summed E-state index contributed by atoms with van der Waals surface area (Å²) in [5.74, 6) is -0.639. The quantitative estimate of drug-likeness (QED) is 0.628. The third-order valence-electron chi connectivity index (χ3n) is 3.47. The van der Waals surface area contributed by atoms with E-state index in [2.05, 4.69) is 0 Å². The van der Waals surface area contributed by atoms with Gasteiger partial charge in [0, 0.05) is 6.42 Å². The number of para-hydroxylation sites is 1. The Hall–Kier alpha value is -2.62. The number of hydrogen-bond donors (Lipinski definition) is 0. The second kappa shape index (κ2) is 5.05. The van der Waals surface area contributed by atoms with Gasteiger partial charge >= 0.3 is 11.9 Å². The second-order valence-electron chi connectivity index (χ2n) is 5.16. The minimum absolute atomic E-state index is 0.306. The Morgan fingerprint density at radius 2 is 1.76 bits per heavy atom. The van der Waals surface area contributed by atoms with Crippen LogP contribution >= 0.6 is 0 Å². The summed E-state index contributed by atoms with van der Waals surface area (Å²) < 4.78 is 10.6. The normalized spacial score (nSPS) is 20.3. The first-order chi connectivity index (χ1) is 10.1. The van der Waals surface area contributed by atoms with Gasteiger partial charge in [-0.3, -0.25) is 0 Å². The zero-order chi connectivity index (χ0) is 14.9. The Bertz CT molecular complexity index is 693. The van der Waals surface area contributed by atoms with E-state index in [0.29, 0.717) is 17.7 Å². The highest BCUT2D eigenvalue weighted by atomic mass is 16.6. The van der Waals surface area contributed by atoms with E-state index in [9.17, 15) is 9.59 Å². The number of carbonyl (C=O) groups is 2. The SMILES string of the molecule is C[C@@]1(C(=O)Oc2ccccc2)Cc2ccccc2C(=O)O1. The van der Waals surface area contributed by atoms with Gasteiger partial charge in [0.25, 0.3) is 0 Å². The third kappa shape index (κ3) is 2.52. The van der Waals surface area contributed by atoms with Gasteiger partial charge in [-0.25, -0.2) is 9.59 Å². The molecule has 1 aliphatic heterocycles. The van der Waals surface area contributed by atoms with Crippen molar-refractivity contribution in [1.29, 1.82) is 0 Å². The van der Waals surface area contributed by atoms with Crippen molar-refractivity contribution in [3.05, 3.63) is 65.7 Å². The average molecular weight is 282 g/mol. The number of benzene rings is 2. The van der Waals surface area contributed by atoms with E-state index in [1.165, 1.54) is 0 Å². The molecule has 0 saturated carbocycles. The Labute approximate surface area is 122 Å². The molecule has 2 aromatic carbocycles. The van der Waals surface area contributed by atoms with Crippen LogP contribution in [0.25, 0.3) is 0 Å². The number of cyclic esters (lactones) is 1. The molecule has 4 nitrogen and oxygen atoms in total. The Balaban J connectivity index is 1.85. The number of rotatable bonds is 2. The molecule has 0 radical (unpaired) electrons. The molecule has 0 N–H and O–H groups in total. The van der Waals surface area contributed by atoms with Crippen molar-refractivity contribution in [1.82, 2.24) is 0 Å². The van der Waals surface area contributed by atoms with E-state index in [1.807, 2.05) is 18.2 Å². The number of carbonyl (C=O) groups excluding carboxylic acids is 2. The molecule has 106 valence electrons. The molecule has 21 heavy (non-hydrogen) atoms. The number of hydrogen-bond acceptors (Lipinski definition) is 4. The molecule has 1 heterocycles. The van der Waals surface area contributed by atoms with Gasteiger partial charge < -0.3 is 9.47 Å². The number of fused-ring (bicyclic) bond motifs is 1. The van der Waals surface area contributed by atoms with Crippen molar-refractivity contribution in [2.75, 3.05) is 0 Å². The van der Waals surface area contributed by atoms with Crippen molar-refractivity contribution in [2.45, 2.75) is 18.9 Å². The van der Waals surface area contributed by atoms with E-state index in [0.717, 1.165) is 5.56 Å².